The lowest BCUT2D eigenvalue weighted by Gasteiger charge is -2.48. The highest BCUT2D eigenvalue weighted by Crippen LogP contribution is 2.43. The summed E-state index contributed by atoms with van der Waals surface area (Å²) in [6, 6.07) is 0.544. The zero-order valence-electron chi connectivity index (χ0n) is 13.4. The third-order valence-electron chi connectivity index (χ3n) is 5.72. The van der Waals surface area contributed by atoms with Gasteiger partial charge in [0.05, 0.1) is 5.60 Å². The van der Waals surface area contributed by atoms with Crippen LogP contribution in [0.3, 0.4) is 0 Å². The fraction of sp³-hybridized carbons (Fsp3) is 1.00. The number of nitrogens with one attached hydrogen (secondary N) is 1. The van der Waals surface area contributed by atoms with Crippen LogP contribution in [0.2, 0.25) is 0 Å². The second-order valence-corrected chi connectivity index (χ2v) is 7.27. The van der Waals surface area contributed by atoms with Gasteiger partial charge in [0.1, 0.15) is 0 Å². The van der Waals surface area contributed by atoms with Crippen LogP contribution >= 0.6 is 0 Å². The van der Waals surface area contributed by atoms with Gasteiger partial charge >= 0.3 is 0 Å². The van der Waals surface area contributed by atoms with Crippen molar-refractivity contribution in [3.8, 4) is 0 Å². The predicted molar refractivity (Wildman–Crippen MR) is 81.3 cm³/mol. The van der Waals surface area contributed by atoms with Crippen molar-refractivity contribution >= 4 is 0 Å². The van der Waals surface area contributed by atoms with Gasteiger partial charge in [0.2, 0.25) is 0 Å². The molecule has 2 aliphatic rings. The number of rotatable bonds is 4. The fourth-order valence-electron chi connectivity index (χ4n) is 4.85. The number of ether oxygens (including phenoxy) is 1. The molecule has 19 heavy (non-hydrogen) atoms. The highest BCUT2D eigenvalue weighted by molar-refractivity contribution is 5.00. The first-order valence-corrected chi connectivity index (χ1v) is 8.33. The van der Waals surface area contributed by atoms with Crippen LogP contribution in [0, 0.1) is 17.8 Å². The molecule has 0 heterocycles. The molecule has 2 fully saturated rings. The Bertz CT molecular complexity index is 280. The van der Waals surface area contributed by atoms with Crippen LogP contribution in [0.1, 0.15) is 65.2 Å². The Morgan fingerprint density at radius 1 is 1.11 bits per heavy atom. The topological polar surface area (TPSA) is 21.3 Å². The molecular weight excluding hydrogens is 234 g/mol. The highest BCUT2D eigenvalue weighted by Gasteiger charge is 2.45. The minimum atomic E-state index is 0.0914. The summed E-state index contributed by atoms with van der Waals surface area (Å²) < 4.78 is 6.13. The minimum Gasteiger partial charge on any atom is -0.377 e. The molecule has 2 nitrogen and oxygen atoms in total. The second kappa shape index (κ2) is 6.58. The maximum absolute atomic E-state index is 6.13. The van der Waals surface area contributed by atoms with Crippen molar-refractivity contribution in [1.29, 1.82) is 0 Å². The lowest BCUT2D eigenvalue weighted by Crippen LogP contribution is -2.57. The van der Waals surface area contributed by atoms with Crippen molar-refractivity contribution in [1.82, 2.24) is 5.32 Å². The largest absolute Gasteiger partial charge is 0.377 e. The zero-order valence-corrected chi connectivity index (χ0v) is 13.4. The SMILES string of the molecule is CNC(C1CCCC(C)C1)C1(OC)CCCC(C)C1. The summed E-state index contributed by atoms with van der Waals surface area (Å²) in [5, 5.41) is 3.65. The van der Waals surface area contributed by atoms with Crippen LogP contribution in [-0.2, 0) is 4.74 Å². The van der Waals surface area contributed by atoms with E-state index in [1.807, 2.05) is 7.11 Å². The van der Waals surface area contributed by atoms with Crippen molar-refractivity contribution in [2.24, 2.45) is 17.8 Å². The standard InChI is InChI=1S/C17H33NO/c1-13-7-5-9-15(11-13)16(18-3)17(19-4)10-6-8-14(2)12-17/h13-16,18H,5-12H2,1-4H3. The van der Waals surface area contributed by atoms with Gasteiger partial charge in [-0.15, -0.1) is 0 Å². The molecule has 2 saturated carbocycles. The molecule has 0 aromatic rings. The van der Waals surface area contributed by atoms with Gasteiger partial charge in [-0.1, -0.05) is 39.5 Å². The van der Waals surface area contributed by atoms with E-state index in [4.69, 9.17) is 4.74 Å². The van der Waals surface area contributed by atoms with E-state index in [0.717, 1.165) is 17.8 Å². The third kappa shape index (κ3) is 3.33. The van der Waals surface area contributed by atoms with E-state index < -0.39 is 0 Å². The molecule has 0 bridgehead atoms. The molecular formula is C17H33NO. The molecule has 0 aliphatic heterocycles. The quantitative estimate of drug-likeness (QED) is 0.831. The molecule has 5 atom stereocenters. The monoisotopic (exact) mass is 267 g/mol. The lowest BCUT2D eigenvalue weighted by molar-refractivity contribution is -0.0957. The highest BCUT2D eigenvalue weighted by atomic mass is 16.5. The van der Waals surface area contributed by atoms with E-state index in [0.29, 0.717) is 6.04 Å². The summed E-state index contributed by atoms with van der Waals surface area (Å²) in [6.07, 6.45) is 10.8. The Labute approximate surface area is 119 Å². The summed E-state index contributed by atoms with van der Waals surface area (Å²) in [6.45, 7) is 4.81. The molecule has 5 unspecified atom stereocenters. The minimum absolute atomic E-state index is 0.0914. The first-order chi connectivity index (χ1) is 9.11. The van der Waals surface area contributed by atoms with Gasteiger partial charge in [-0.3, -0.25) is 0 Å². The van der Waals surface area contributed by atoms with E-state index >= 15 is 0 Å². The maximum Gasteiger partial charge on any atom is 0.0836 e. The number of hydrogen-bond acceptors (Lipinski definition) is 2. The molecule has 2 rings (SSSR count). The molecule has 0 radical (unpaired) electrons. The van der Waals surface area contributed by atoms with Crippen LogP contribution in [-0.4, -0.2) is 25.8 Å². The van der Waals surface area contributed by atoms with Crippen LogP contribution < -0.4 is 5.32 Å². The van der Waals surface area contributed by atoms with Gasteiger partial charge in [-0.2, -0.15) is 0 Å². The van der Waals surface area contributed by atoms with Gasteiger partial charge in [-0.25, -0.2) is 0 Å². The van der Waals surface area contributed by atoms with E-state index in [9.17, 15) is 0 Å². The molecule has 2 aliphatic carbocycles. The first kappa shape index (κ1) is 15.3. The smallest absolute Gasteiger partial charge is 0.0836 e. The van der Waals surface area contributed by atoms with Gasteiger partial charge in [-0.05, 0) is 50.5 Å². The summed E-state index contributed by atoms with van der Waals surface area (Å²) in [5.74, 6) is 2.51. The maximum atomic E-state index is 6.13. The first-order valence-electron chi connectivity index (χ1n) is 8.33. The second-order valence-electron chi connectivity index (χ2n) is 7.27. The Kier molecular flexibility index (Phi) is 5.30. The molecule has 0 aromatic heterocycles. The molecule has 0 saturated heterocycles. The van der Waals surface area contributed by atoms with Crippen molar-refractivity contribution < 1.29 is 4.74 Å². The van der Waals surface area contributed by atoms with Crippen molar-refractivity contribution in [3.63, 3.8) is 0 Å². The zero-order chi connectivity index (χ0) is 13.9. The van der Waals surface area contributed by atoms with Gasteiger partial charge < -0.3 is 10.1 Å². The number of likely N-dealkylation sites (N-methyl/N-ethyl adjacent to an activating group) is 1. The van der Waals surface area contributed by atoms with Crippen LogP contribution in [0.25, 0.3) is 0 Å². The van der Waals surface area contributed by atoms with E-state index in [1.165, 1.54) is 51.4 Å². The van der Waals surface area contributed by atoms with E-state index in [-0.39, 0.29) is 5.60 Å². The Morgan fingerprint density at radius 3 is 2.42 bits per heavy atom. The Balaban J connectivity index is 2.13. The summed E-state index contributed by atoms with van der Waals surface area (Å²) >= 11 is 0. The van der Waals surface area contributed by atoms with Crippen molar-refractivity contribution in [2.75, 3.05) is 14.2 Å². The van der Waals surface area contributed by atoms with Gasteiger partial charge in [0.15, 0.2) is 0 Å². The average molecular weight is 267 g/mol. The third-order valence-corrected chi connectivity index (χ3v) is 5.72. The molecule has 2 heteroatoms. The fourth-order valence-corrected chi connectivity index (χ4v) is 4.85. The Morgan fingerprint density at radius 2 is 1.84 bits per heavy atom. The number of hydrogen-bond donors (Lipinski definition) is 1. The molecule has 0 spiro atoms. The molecule has 0 aromatic carbocycles. The van der Waals surface area contributed by atoms with E-state index in [1.54, 1.807) is 0 Å². The molecule has 1 N–H and O–H groups in total. The van der Waals surface area contributed by atoms with Crippen molar-refractivity contribution in [2.45, 2.75) is 76.9 Å². The molecule has 112 valence electrons. The summed E-state index contributed by atoms with van der Waals surface area (Å²) in [7, 11) is 4.08. The van der Waals surface area contributed by atoms with Crippen LogP contribution in [0.15, 0.2) is 0 Å². The number of methoxy groups -OCH3 is 1. The van der Waals surface area contributed by atoms with Gasteiger partial charge in [0, 0.05) is 13.2 Å². The normalized spacial score (nSPS) is 42.0. The summed E-state index contributed by atoms with van der Waals surface area (Å²) in [5.41, 5.74) is 0.0914. The predicted octanol–water partition coefficient (Wildman–Crippen LogP) is 4.00. The van der Waals surface area contributed by atoms with E-state index in [2.05, 4.69) is 26.2 Å². The lowest BCUT2D eigenvalue weighted by atomic mass is 9.67. The van der Waals surface area contributed by atoms with Crippen molar-refractivity contribution in [3.05, 3.63) is 0 Å². The van der Waals surface area contributed by atoms with Crippen LogP contribution in [0.4, 0.5) is 0 Å². The Hall–Kier alpha value is -0.0800. The van der Waals surface area contributed by atoms with Gasteiger partial charge in [0.25, 0.3) is 0 Å². The average Bonchev–Trinajstić information content (AvgIpc) is 2.39. The summed E-state index contributed by atoms with van der Waals surface area (Å²) in [4.78, 5) is 0. The van der Waals surface area contributed by atoms with Crippen LogP contribution in [0.5, 0.6) is 0 Å². The molecule has 0 amide bonds.